The Morgan fingerprint density at radius 2 is 2.13 bits per heavy atom. The monoisotopic (exact) mass is 308 g/mol. The number of methoxy groups -OCH3 is 1. The topological polar surface area (TPSA) is 71.3 Å². The molecule has 23 heavy (non-hydrogen) atoms. The van der Waals surface area contributed by atoms with Gasteiger partial charge in [0.05, 0.1) is 18.7 Å². The van der Waals surface area contributed by atoms with Gasteiger partial charge in [-0.25, -0.2) is 0 Å². The van der Waals surface area contributed by atoms with E-state index in [0.717, 1.165) is 0 Å². The van der Waals surface area contributed by atoms with Crippen LogP contribution in [0.25, 0.3) is 0 Å². The Balaban J connectivity index is 2.18. The third-order valence-electron chi connectivity index (χ3n) is 3.03. The standard InChI is InChI=1S/C18H16N2O3/c1-3-9-23-16-8-7-14(11-17(16)22-2)18(21)20-15-6-4-5-13(10-15)12-19/h3-8,10-11H,1,9H2,2H3,(H,20,21). The van der Waals surface area contributed by atoms with Gasteiger partial charge >= 0.3 is 0 Å². The Kier molecular flexibility index (Phi) is 5.37. The largest absolute Gasteiger partial charge is 0.493 e. The molecule has 0 aliphatic heterocycles. The van der Waals surface area contributed by atoms with Crippen molar-refractivity contribution in [3.8, 4) is 17.6 Å². The predicted molar refractivity (Wildman–Crippen MR) is 87.8 cm³/mol. The predicted octanol–water partition coefficient (Wildman–Crippen LogP) is 3.38. The summed E-state index contributed by atoms with van der Waals surface area (Å²) in [4.78, 5) is 12.3. The number of hydrogen-bond donors (Lipinski definition) is 1. The highest BCUT2D eigenvalue weighted by atomic mass is 16.5. The maximum absolute atomic E-state index is 12.3. The number of hydrogen-bond acceptors (Lipinski definition) is 4. The minimum absolute atomic E-state index is 0.298. The minimum atomic E-state index is -0.298. The van der Waals surface area contributed by atoms with E-state index in [1.54, 1.807) is 48.5 Å². The molecule has 0 atom stereocenters. The summed E-state index contributed by atoms with van der Waals surface area (Å²) in [6, 6.07) is 13.6. The van der Waals surface area contributed by atoms with Crippen molar-refractivity contribution in [3.05, 3.63) is 66.2 Å². The second-order valence-corrected chi connectivity index (χ2v) is 4.61. The Bertz CT molecular complexity index is 763. The average Bonchev–Trinajstić information content (AvgIpc) is 2.59. The maximum atomic E-state index is 12.3. The number of benzene rings is 2. The fourth-order valence-corrected chi connectivity index (χ4v) is 1.95. The second-order valence-electron chi connectivity index (χ2n) is 4.61. The summed E-state index contributed by atoms with van der Waals surface area (Å²) in [5.74, 6) is 0.703. The van der Waals surface area contributed by atoms with E-state index in [4.69, 9.17) is 14.7 Å². The lowest BCUT2D eigenvalue weighted by Crippen LogP contribution is -2.12. The zero-order valence-electron chi connectivity index (χ0n) is 12.7. The highest BCUT2D eigenvalue weighted by Gasteiger charge is 2.11. The number of nitrogens with one attached hydrogen (secondary N) is 1. The van der Waals surface area contributed by atoms with Crippen LogP contribution < -0.4 is 14.8 Å². The molecule has 116 valence electrons. The number of rotatable bonds is 6. The summed E-state index contributed by atoms with van der Waals surface area (Å²) >= 11 is 0. The first-order valence-electron chi connectivity index (χ1n) is 6.91. The van der Waals surface area contributed by atoms with Gasteiger partial charge in [0.1, 0.15) is 6.61 Å². The number of ether oxygens (including phenoxy) is 2. The minimum Gasteiger partial charge on any atom is -0.493 e. The van der Waals surface area contributed by atoms with Crippen molar-refractivity contribution < 1.29 is 14.3 Å². The second kappa shape index (κ2) is 7.66. The van der Waals surface area contributed by atoms with Crippen LogP contribution in [0.1, 0.15) is 15.9 Å². The first-order chi connectivity index (χ1) is 11.2. The molecule has 2 aromatic rings. The van der Waals surface area contributed by atoms with E-state index in [9.17, 15) is 4.79 Å². The molecular formula is C18H16N2O3. The molecule has 1 N–H and O–H groups in total. The molecule has 0 saturated heterocycles. The normalized spacial score (nSPS) is 9.57. The Labute approximate surface area is 134 Å². The molecule has 0 aromatic heterocycles. The molecule has 0 bridgehead atoms. The van der Waals surface area contributed by atoms with E-state index in [1.165, 1.54) is 7.11 Å². The van der Waals surface area contributed by atoms with Crippen molar-refractivity contribution in [1.29, 1.82) is 5.26 Å². The fraction of sp³-hybridized carbons (Fsp3) is 0.111. The molecule has 0 aliphatic carbocycles. The summed E-state index contributed by atoms with van der Waals surface area (Å²) < 4.78 is 10.7. The Morgan fingerprint density at radius 1 is 1.30 bits per heavy atom. The van der Waals surface area contributed by atoms with Gasteiger partial charge in [0.15, 0.2) is 11.5 Å². The molecule has 0 fully saturated rings. The molecule has 5 nitrogen and oxygen atoms in total. The van der Waals surface area contributed by atoms with Crippen molar-refractivity contribution in [2.75, 3.05) is 19.0 Å². The lowest BCUT2D eigenvalue weighted by Gasteiger charge is -2.11. The Hall–Kier alpha value is -3.26. The number of carbonyl (C=O) groups excluding carboxylic acids is 1. The van der Waals surface area contributed by atoms with E-state index in [2.05, 4.69) is 11.9 Å². The van der Waals surface area contributed by atoms with Crippen molar-refractivity contribution >= 4 is 11.6 Å². The van der Waals surface area contributed by atoms with Crippen LogP contribution in [0.4, 0.5) is 5.69 Å². The number of carbonyl (C=O) groups is 1. The zero-order valence-corrected chi connectivity index (χ0v) is 12.7. The molecule has 1 amide bonds. The van der Waals surface area contributed by atoms with Crippen molar-refractivity contribution in [2.24, 2.45) is 0 Å². The SMILES string of the molecule is C=CCOc1ccc(C(=O)Nc2cccc(C#N)c2)cc1OC. The summed E-state index contributed by atoms with van der Waals surface area (Å²) in [7, 11) is 1.51. The van der Waals surface area contributed by atoms with Crippen molar-refractivity contribution in [2.45, 2.75) is 0 Å². The molecule has 0 radical (unpaired) electrons. The first kappa shape index (κ1) is 16.1. The number of nitriles is 1. The third-order valence-corrected chi connectivity index (χ3v) is 3.03. The number of amides is 1. The van der Waals surface area contributed by atoms with Gasteiger partial charge in [-0.1, -0.05) is 18.7 Å². The highest BCUT2D eigenvalue weighted by molar-refractivity contribution is 6.04. The summed E-state index contributed by atoms with van der Waals surface area (Å²) in [6.45, 7) is 3.94. The number of nitrogens with zero attached hydrogens (tertiary/aromatic N) is 1. The van der Waals surface area contributed by atoms with Crippen LogP contribution in [0, 0.1) is 11.3 Å². The van der Waals surface area contributed by atoms with Crippen molar-refractivity contribution in [1.82, 2.24) is 0 Å². The lowest BCUT2D eigenvalue weighted by atomic mass is 10.1. The number of anilines is 1. The van der Waals surface area contributed by atoms with Gasteiger partial charge in [0, 0.05) is 11.3 Å². The summed E-state index contributed by atoms with van der Waals surface area (Å²) in [5.41, 5.74) is 1.46. The van der Waals surface area contributed by atoms with Gasteiger partial charge in [-0.15, -0.1) is 0 Å². The molecule has 2 rings (SSSR count). The van der Waals surface area contributed by atoms with Crippen LogP contribution in [-0.2, 0) is 0 Å². The van der Waals surface area contributed by atoms with Crippen LogP contribution in [-0.4, -0.2) is 19.6 Å². The third kappa shape index (κ3) is 4.11. The molecule has 0 unspecified atom stereocenters. The lowest BCUT2D eigenvalue weighted by molar-refractivity contribution is 0.102. The van der Waals surface area contributed by atoms with E-state index in [-0.39, 0.29) is 5.91 Å². The zero-order chi connectivity index (χ0) is 16.7. The smallest absolute Gasteiger partial charge is 0.255 e. The molecule has 0 spiro atoms. The molecule has 0 aliphatic rings. The first-order valence-corrected chi connectivity index (χ1v) is 6.91. The summed E-state index contributed by atoms with van der Waals surface area (Å²) in [6.07, 6.45) is 1.63. The van der Waals surface area contributed by atoms with E-state index < -0.39 is 0 Å². The maximum Gasteiger partial charge on any atom is 0.255 e. The molecular weight excluding hydrogens is 292 g/mol. The van der Waals surface area contributed by atoms with E-state index in [1.807, 2.05) is 6.07 Å². The van der Waals surface area contributed by atoms with Crippen LogP contribution in [0.2, 0.25) is 0 Å². The van der Waals surface area contributed by atoms with Gasteiger partial charge in [0.25, 0.3) is 5.91 Å². The molecule has 5 heteroatoms. The highest BCUT2D eigenvalue weighted by Crippen LogP contribution is 2.28. The quantitative estimate of drug-likeness (QED) is 0.830. The van der Waals surface area contributed by atoms with Crippen LogP contribution >= 0.6 is 0 Å². The average molecular weight is 308 g/mol. The molecule has 0 heterocycles. The van der Waals surface area contributed by atoms with Crippen LogP contribution in [0.5, 0.6) is 11.5 Å². The van der Waals surface area contributed by atoms with Gasteiger partial charge in [-0.05, 0) is 36.4 Å². The molecule has 0 saturated carbocycles. The van der Waals surface area contributed by atoms with E-state index >= 15 is 0 Å². The van der Waals surface area contributed by atoms with Gasteiger partial charge < -0.3 is 14.8 Å². The van der Waals surface area contributed by atoms with Crippen molar-refractivity contribution in [3.63, 3.8) is 0 Å². The van der Waals surface area contributed by atoms with Gasteiger partial charge in [-0.2, -0.15) is 5.26 Å². The van der Waals surface area contributed by atoms with Crippen LogP contribution in [0.15, 0.2) is 55.1 Å². The van der Waals surface area contributed by atoms with E-state index in [0.29, 0.717) is 34.9 Å². The Morgan fingerprint density at radius 3 is 2.83 bits per heavy atom. The van der Waals surface area contributed by atoms with Gasteiger partial charge in [-0.3, -0.25) is 4.79 Å². The van der Waals surface area contributed by atoms with Gasteiger partial charge in [0.2, 0.25) is 0 Å². The molecule has 2 aromatic carbocycles. The summed E-state index contributed by atoms with van der Waals surface area (Å²) in [5, 5.41) is 11.6. The fourth-order valence-electron chi connectivity index (χ4n) is 1.95. The van der Waals surface area contributed by atoms with Crippen LogP contribution in [0.3, 0.4) is 0 Å².